The van der Waals surface area contributed by atoms with Crippen molar-refractivity contribution >= 4 is 12.6 Å². The molecule has 0 saturated heterocycles. The van der Waals surface area contributed by atoms with Gasteiger partial charge in [-0.25, -0.2) is 0 Å². The zero-order valence-corrected chi connectivity index (χ0v) is 10.7. The summed E-state index contributed by atoms with van der Waals surface area (Å²) in [6.45, 7) is 5.67. The summed E-state index contributed by atoms with van der Waals surface area (Å²) in [5.74, 6) is 1.52. The number of hydrogen-bond donors (Lipinski definition) is 1. The largest absolute Gasteiger partial charge is 0.383 e. The maximum absolute atomic E-state index is 8.57. The molecule has 0 rings (SSSR count). The summed E-state index contributed by atoms with van der Waals surface area (Å²) in [5, 5.41) is 8.57. The van der Waals surface area contributed by atoms with Crippen LogP contribution < -0.4 is 0 Å². The minimum absolute atomic E-state index is 0.590. The molecule has 4 heteroatoms. The van der Waals surface area contributed by atoms with E-state index in [2.05, 4.69) is 30.5 Å². The molecule has 88 valence electrons. The molecular formula is C11H22N2OS. The highest BCUT2D eigenvalue weighted by molar-refractivity contribution is 7.80. The van der Waals surface area contributed by atoms with Crippen LogP contribution in [-0.2, 0) is 4.74 Å². The fourth-order valence-corrected chi connectivity index (χ4v) is 1.78. The Morgan fingerprint density at radius 2 is 2.20 bits per heavy atom. The molecule has 0 spiro atoms. The molecule has 0 radical (unpaired) electrons. The fourth-order valence-electron chi connectivity index (χ4n) is 1.40. The molecule has 0 fully saturated rings. The van der Waals surface area contributed by atoms with Crippen LogP contribution in [0.4, 0.5) is 0 Å². The molecule has 0 N–H and O–H groups in total. The van der Waals surface area contributed by atoms with E-state index >= 15 is 0 Å². The van der Waals surface area contributed by atoms with Crippen molar-refractivity contribution in [2.75, 3.05) is 39.1 Å². The van der Waals surface area contributed by atoms with Crippen molar-refractivity contribution in [3.8, 4) is 6.07 Å². The molecular weight excluding hydrogens is 208 g/mol. The topological polar surface area (TPSA) is 36.3 Å². The maximum Gasteiger partial charge on any atom is 0.0635 e. The summed E-state index contributed by atoms with van der Waals surface area (Å²) in [6, 6.07) is 2.18. The first-order chi connectivity index (χ1) is 7.28. The average molecular weight is 230 g/mol. The van der Waals surface area contributed by atoms with Gasteiger partial charge in [-0.2, -0.15) is 17.9 Å². The standard InChI is InChI=1S/C11H22N2OS/c1-3-11(10-15)9-13(6-4-5-12)7-8-14-2/h11,15H,3-4,6-10H2,1-2H3. The predicted molar refractivity (Wildman–Crippen MR) is 66.2 cm³/mol. The van der Waals surface area contributed by atoms with E-state index in [1.807, 2.05) is 0 Å². The lowest BCUT2D eigenvalue weighted by Gasteiger charge is -2.25. The quantitative estimate of drug-likeness (QED) is 0.614. The fraction of sp³-hybridized carbons (Fsp3) is 0.909. The van der Waals surface area contributed by atoms with Gasteiger partial charge in [0, 0.05) is 33.2 Å². The van der Waals surface area contributed by atoms with E-state index in [1.165, 1.54) is 0 Å². The van der Waals surface area contributed by atoms with Crippen LogP contribution in [0.2, 0.25) is 0 Å². The zero-order valence-electron chi connectivity index (χ0n) is 9.78. The Morgan fingerprint density at radius 1 is 1.47 bits per heavy atom. The Kier molecular flexibility index (Phi) is 10.1. The lowest BCUT2D eigenvalue weighted by atomic mass is 10.1. The van der Waals surface area contributed by atoms with Crippen molar-refractivity contribution in [3.05, 3.63) is 0 Å². The second-order valence-electron chi connectivity index (χ2n) is 3.66. The van der Waals surface area contributed by atoms with E-state index in [-0.39, 0.29) is 0 Å². The van der Waals surface area contributed by atoms with Crippen molar-refractivity contribution in [1.29, 1.82) is 5.26 Å². The third kappa shape index (κ3) is 7.66. The van der Waals surface area contributed by atoms with Crippen LogP contribution in [0.3, 0.4) is 0 Å². The number of nitriles is 1. The summed E-state index contributed by atoms with van der Waals surface area (Å²) in [6.07, 6.45) is 1.73. The molecule has 0 amide bonds. The lowest BCUT2D eigenvalue weighted by Crippen LogP contribution is -2.33. The van der Waals surface area contributed by atoms with Gasteiger partial charge in [0.1, 0.15) is 0 Å². The molecule has 0 aromatic heterocycles. The van der Waals surface area contributed by atoms with Crippen LogP contribution in [0.5, 0.6) is 0 Å². The van der Waals surface area contributed by atoms with Gasteiger partial charge in [0.05, 0.1) is 12.7 Å². The first-order valence-corrected chi connectivity index (χ1v) is 6.10. The van der Waals surface area contributed by atoms with Crippen molar-refractivity contribution in [2.45, 2.75) is 19.8 Å². The first kappa shape index (κ1) is 14.8. The second kappa shape index (κ2) is 10.3. The van der Waals surface area contributed by atoms with E-state index in [9.17, 15) is 0 Å². The van der Waals surface area contributed by atoms with Gasteiger partial charge in [0.25, 0.3) is 0 Å². The minimum atomic E-state index is 0.590. The predicted octanol–water partition coefficient (Wildman–Crippen LogP) is 1.80. The molecule has 0 bridgehead atoms. The summed E-state index contributed by atoms with van der Waals surface area (Å²) in [7, 11) is 1.71. The lowest BCUT2D eigenvalue weighted by molar-refractivity contribution is 0.139. The Morgan fingerprint density at radius 3 is 2.67 bits per heavy atom. The van der Waals surface area contributed by atoms with E-state index in [0.29, 0.717) is 12.3 Å². The minimum Gasteiger partial charge on any atom is -0.383 e. The van der Waals surface area contributed by atoms with E-state index < -0.39 is 0 Å². The Labute approximate surface area is 98.8 Å². The zero-order chi connectivity index (χ0) is 11.5. The van der Waals surface area contributed by atoms with Crippen molar-refractivity contribution in [3.63, 3.8) is 0 Å². The van der Waals surface area contributed by atoms with Gasteiger partial charge in [0.15, 0.2) is 0 Å². The Bertz CT molecular complexity index is 178. The van der Waals surface area contributed by atoms with Crippen LogP contribution >= 0.6 is 12.6 Å². The number of thiol groups is 1. The van der Waals surface area contributed by atoms with Gasteiger partial charge >= 0.3 is 0 Å². The highest BCUT2D eigenvalue weighted by atomic mass is 32.1. The third-order valence-corrected chi connectivity index (χ3v) is 3.02. The molecule has 0 aliphatic heterocycles. The molecule has 0 aliphatic carbocycles. The molecule has 1 atom stereocenters. The van der Waals surface area contributed by atoms with Crippen molar-refractivity contribution in [2.24, 2.45) is 5.92 Å². The molecule has 0 saturated carbocycles. The van der Waals surface area contributed by atoms with Crippen LogP contribution in [-0.4, -0.2) is 44.0 Å². The highest BCUT2D eigenvalue weighted by Gasteiger charge is 2.10. The number of methoxy groups -OCH3 is 1. The molecule has 1 unspecified atom stereocenters. The van der Waals surface area contributed by atoms with Crippen molar-refractivity contribution < 1.29 is 4.74 Å². The van der Waals surface area contributed by atoms with Gasteiger partial charge in [-0.15, -0.1) is 0 Å². The smallest absolute Gasteiger partial charge is 0.0635 e. The Hall–Kier alpha value is -0.240. The van der Waals surface area contributed by atoms with E-state index in [4.69, 9.17) is 10.00 Å². The van der Waals surface area contributed by atoms with Gasteiger partial charge in [-0.05, 0) is 11.7 Å². The summed E-state index contributed by atoms with van der Waals surface area (Å²) >= 11 is 4.33. The first-order valence-electron chi connectivity index (χ1n) is 5.47. The monoisotopic (exact) mass is 230 g/mol. The molecule has 0 aliphatic rings. The van der Waals surface area contributed by atoms with Crippen molar-refractivity contribution in [1.82, 2.24) is 4.90 Å². The number of rotatable bonds is 9. The van der Waals surface area contributed by atoms with Crippen LogP contribution in [0.25, 0.3) is 0 Å². The van der Waals surface area contributed by atoms with E-state index in [1.54, 1.807) is 7.11 Å². The van der Waals surface area contributed by atoms with Gasteiger partial charge in [-0.1, -0.05) is 13.3 Å². The SMILES string of the molecule is CCC(CS)CN(CCC#N)CCOC. The van der Waals surface area contributed by atoms with Gasteiger partial charge in [-0.3, -0.25) is 4.90 Å². The molecule has 0 aromatic carbocycles. The summed E-state index contributed by atoms with van der Waals surface area (Å²) in [5.41, 5.74) is 0. The summed E-state index contributed by atoms with van der Waals surface area (Å²) in [4.78, 5) is 2.29. The summed E-state index contributed by atoms with van der Waals surface area (Å²) < 4.78 is 5.06. The molecule has 15 heavy (non-hydrogen) atoms. The van der Waals surface area contributed by atoms with Crippen LogP contribution in [0.1, 0.15) is 19.8 Å². The molecule has 3 nitrogen and oxygen atoms in total. The normalized spacial score (nSPS) is 12.7. The van der Waals surface area contributed by atoms with Crippen LogP contribution in [0, 0.1) is 17.2 Å². The molecule has 0 aromatic rings. The van der Waals surface area contributed by atoms with Gasteiger partial charge < -0.3 is 4.74 Å². The van der Waals surface area contributed by atoms with Crippen LogP contribution in [0.15, 0.2) is 0 Å². The highest BCUT2D eigenvalue weighted by Crippen LogP contribution is 2.07. The van der Waals surface area contributed by atoms with Gasteiger partial charge in [0.2, 0.25) is 0 Å². The van der Waals surface area contributed by atoms with E-state index in [0.717, 1.165) is 38.4 Å². The Balaban J connectivity index is 3.92. The number of nitrogens with zero attached hydrogens (tertiary/aromatic N) is 2. The third-order valence-electron chi connectivity index (χ3n) is 2.50. The maximum atomic E-state index is 8.57. The number of ether oxygens (including phenoxy) is 1. The number of hydrogen-bond acceptors (Lipinski definition) is 4. The molecule has 0 heterocycles. The second-order valence-corrected chi connectivity index (χ2v) is 4.02. The average Bonchev–Trinajstić information content (AvgIpc) is 2.28.